The lowest BCUT2D eigenvalue weighted by atomic mass is 9.36. The molecule has 0 saturated carbocycles. The molecule has 0 saturated heterocycles. The summed E-state index contributed by atoms with van der Waals surface area (Å²) in [6.45, 7) is 16.7. The Morgan fingerprint density at radius 1 is 0.400 bits per heavy atom. The van der Waals surface area contributed by atoms with Crippen LogP contribution in [0.5, 0.6) is 0 Å². The number of rotatable bonds is 3. The van der Waals surface area contributed by atoms with Crippen LogP contribution in [0, 0.1) is 0 Å². The first kappa shape index (κ1) is 35.6. The van der Waals surface area contributed by atoms with Crippen LogP contribution in [0.1, 0.15) is 76.3 Å². The van der Waals surface area contributed by atoms with Gasteiger partial charge in [-0.25, -0.2) is 0 Å². The van der Waals surface area contributed by atoms with Gasteiger partial charge in [-0.3, -0.25) is 0 Å². The van der Waals surface area contributed by atoms with Crippen LogP contribution < -0.4 is 21.3 Å². The van der Waals surface area contributed by atoms with Gasteiger partial charge in [0.25, 0.3) is 0 Å². The number of anilines is 3. The summed E-state index contributed by atoms with van der Waals surface area (Å²) in [5, 5.41) is 0. The molecule has 0 fully saturated rings. The summed E-state index contributed by atoms with van der Waals surface area (Å²) < 4.78 is 0. The maximum atomic E-state index is 2.68. The zero-order valence-corrected chi connectivity index (χ0v) is 35.6. The minimum atomic E-state index is -0.132. The fourth-order valence-corrected chi connectivity index (χ4v) is 11.5. The van der Waals surface area contributed by atoms with E-state index in [1.54, 1.807) is 0 Å². The molecule has 288 valence electrons. The van der Waals surface area contributed by atoms with E-state index in [9.17, 15) is 0 Å². The van der Waals surface area contributed by atoms with Crippen molar-refractivity contribution < 1.29 is 0 Å². The van der Waals surface area contributed by atoms with Gasteiger partial charge < -0.3 is 4.90 Å². The van der Waals surface area contributed by atoms with Gasteiger partial charge in [0, 0.05) is 33.3 Å². The molecule has 0 aromatic heterocycles. The van der Waals surface area contributed by atoms with E-state index in [4.69, 9.17) is 0 Å². The van der Waals surface area contributed by atoms with Crippen molar-refractivity contribution in [3.63, 3.8) is 0 Å². The number of nitrogens with zero attached hydrogens (tertiary/aromatic N) is 1. The van der Waals surface area contributed by atoms with Gasteiger partial charge in [0.05, 0.1) is 5.69 Å². The van der Waals surface area contributed by atoms with Crippen molar-refractivity contribution in [3.8, 4) is 55.6 Å². The minimum absolute atomic E-state index is 0.0132. The molecule has 0 N–H and O–H groups in total. The van der Waals surface area contributed by atoms with Gasteiger partial charge in [0.2, 0.25) is 6.71 Å². The van der Waals surface area contributed by atoms with E-state index >= 15 is 0 Å². The molecular weight excluding hydrogens is 721 g/mol. The Hall–Kier alpha value is -6.38. The highest BCUT2D eigenvalue weighted by Crippen LogP contribution is 2.55. The van der Waals surface area contributed by atoms with E-state index in [0.717, 1.165) is 0 Å². The van der Waals surface area contributed by atoms with Crippen molar-refractivity contribution in [1.82, 2.24) is 0 Å². The normalized spacial score (nSPS) is 15.4. The quantitative estimate of drug-likeness (QED) is 0.162. The lowest BCUT2D eigenvalue weighted by molar-refractivity contribution is 0.590. The van der Waals surface area contributed by atoms with Gasteiger partial charge >= 0.3 is 0 Å². The van der Waals surface area contributed by atoms with Crippen LogP contribution in [0.15, 0.2) is 164 Å². The van der Waals surface area contributed by atoms with Gasteiger partial charge in [0.1, 0.15) is 0 Å². The summed E-state index contributed by atoms with van der Waals surface area (Å²) in [5.74, 6) is 0. The van der Waals surface area contributed by atoms with Crippen molar-refractivity contribution in [1.29, 1.82) is 0 Å². The summed E-state index contributed by atoms with van der Waals surface area (Å²) in [5.41, 5.74) is 27.9. The molecule has 2 heterocycles. The summed E-state index contributed by atoms with van der Waals surface area (Å²) in [4.78, 5) is 2.68. The zero-order chi connectivity index (χ0) is 40.9. The number of fused-ring (bicyclic) bond motifs is 11. The van der Waals surface area contributed by atoms with Gasteiger partial charge in [-0.2, -0.15) is 0 Å². The van der Waals surface area contributed by atoms with Crippen molar-refractivity contribution in [2.75, 3.05) is 4.90 Å². The SMILES string of the molecule is CC(C)(C)c1ccc(N2c3cc4c(cc3B3c5cc6c(cc5-c5ccc(-c7ccccc7)c2c53)-c2ccccc2C6(C)C)C(C)(C)c2ccccc2-4)c(-c2ccccc2)c1. The van der Waals surface area contributed by atoms with Crippen LogP contribution in [0.4, 0.5) is 17.1 Å². The molecule has 0 unspecified atom stereocenters. The Bertz CT molecular complexity index is 3130. The minimum Gasteiger partial charge on any atom is -0.310 e. The summed E-state index contributed by atoms with van der Waals surface area (Å²) in [6.07, 6.45) is 0. The third-order valence-corrected chi connectivity index (χ3v) is 14.6. The monoisotopic (exact) mass is 769 g/mol. The van der Waals surface area contributed by atoms with Crippen LogP contribution in [0.2, 0.25) is 0 Å². The highest BCUT2D eigenvalue weighted by Gasteiger charge is 2.48. The highest BCUT2D eigenvalue weighted by atomic mass is 15.2. The predicted molar refractivity (Wildman–Crippen MR) is 256 cm³/mol. The van der Waals surface area contributed by atoms with E-state index < -0.39 is 0 Å². The Kier molecular flexibility index (Phi) is 7.18. The van der Waals surface area contributed by atoms with Crippen molar-refractivity contribution in [2.45, 2.75) is 64.7 Å². The van der Waals surface area contributed by atoms with Crippen LogP contribution in [0.25, 0.3) is 55.6 Å². The fourth-order valence-electron chi connectivity index (χ4n) is 11.5. The average Bonchev–Trinajstić information content (AvgIpc) is 3.79. The van der Waals surface area contributed by atoms with Crippen molar-refractivity contribution in [2.24, 2.45) is 0 Å². The Morgan fingerprint density at radius 2 is 0.933 bits per heavy atom. The molecule has 0 bridgehead atoms. The first-order valence-electron chi connectivity index (χ1n) is 21.7. The predicted octanol–water partition coefficient (Wildman–Crippen LogP) is 13.2. The zero-order valence-electron chi connectivity index (χ0n) is 35.6. The van der Waals surface area contributed by atoms with Gasteiger partial charge in [-0.15, -0.1) is 0 Å². The fraction of sp³-hybridized carbons (Fsp3) is 0.172. The molecule has 1 nitrogen and oxygen atoms in total. The molecule has 0 radical (unpaired) electrons. The van der Waals surface area contributed by atoms with Crippen LogP contribution in [-0.2, 0) is 16.2 Å². The lowest BCUT2D eigenvalue weighted by Crippen LogP contribution is -2.55. The average molecular weight is 770 g/mol. The van der Waals surface area contributed by atoms with Gasteiger partial charge in [-0.05, 0) is 113 Å². The molecule has 2 aliphatic heterocycles. The molecule has 8 aromatic carbocycles. The largest absolute Gasteiger partial charge is 0.310 e. The summed E-state index contributed by atoms with van der Waals surface area (Å²) >= 11 is 0. The molecule has 0 atom stereocenters. The molecule has 60 heavy (non-hydrogen) atoms. The van der Waals surface area contributed by atoms with E-state index in [2.05, 4.69) is 217 Å². The highest BCUT2D eigenvalue weighted by molar-refractivity contribution is 7.01. The van der Waals surface area contributed by atoms with Gasteiger partial charge in [0.15, 0.2) is 0 Å². The van der Waals surface area contributed by atoms with E-state index in [1.807, 2.05) is 0 Å². The molecular formula is C58H48BN. The van der Waals surface area contributed by atoms with E-state index in [-0.39, 0.29) is 23.0 Å². The van der Waals surface area contributed by atoms with E-state index in [1.165, 1.54) is 117 Å². The topological polar surface area (TPSA) is 3.24 Å². The number of hydrogen-bond acceptors (Lipinski definition) is 1. The summed E-state index contributed by atoms with van der Waals surface area (Å²) in [6, 6.07) is 62.8. The Labute approximate surface area is 355 Å². The molecule has 0 amide bonds. The second kappa shape index (κ2) is 12.1. The van der Waals surface area contributed by atoms with Crippen LogP contribution >= 0.6 is 0 Å². The van der Waals surface area contributed by atoms with Crippen molar-refractivity contribution >= 4 is 40.2 Å². The Balaban J connectivity index is 1.23. The molecule has 0 spiro atoms. The number of benzene rings is 8. The van der Waals surface area contributed by atoms with Crippen LogP contribution in [0.3, 0.4) is 0 Å². The molecule has 8 aromatic rings. The smallest absolute Gasteiger partial charge is 0.248 e. The molecule has 2 heteroatoms. The number of hydrogen-bond donors (Lipinski definition) is 0. The molecule has 4 aliphatic rings. The first-order chi connectivity index (χ1) is 28.9. The molecule has 2 aliphatic carbocycles. The third-order valence-electron chi connectivity index (χ3n) is 14.6. The lowest BCUT2D eigenvalue weighted by Gasteiger charge is -2.40. The maximum Gasteiger partial charge on any atom is 0.248 e. The second-order valence-electron chi connectivity index (χ2n) is 19.7. The maximum absolute atomic E-state index is 2.68. The Morgan fingerprint density at radius 3 is 1.55 bits per heavy atom. The first-order valence-corrected chi connectivity index (χ1v) is 21.7. The van der Waals surface area contributed by atoms with Crippen LogP contribution in [-0.4, -0.2) is 6.71 Å². The second-order valence-corrected chi connectivity index (χ2v) is 19.7. The van der Waals surface area contributed by atoms with E-state index in [0.29, 0.717) is 0 Å². The summed E-state index contributed by atoms with van der Waals surface area (Å²) in [7, 11) is 0. The van der Waals surface area contributed by atoms with Gasteiger partial charge in [-0.1, -0.05) is 193 Å². The standard InChI is InChI=1S/C58H48BN/c1-56(2,3)37-26-29-52(42(30-37)36-20-12-9-13-21-36)60-53-32-44-40-23-15-17-25-47(40)58(6,7)49(44)34-51(53)59-50-33-48-43(39-22-14-16-24-46(39)57(48,4)5)31-45(50)41-28-27-38(55(60)54(41)59)35-18-10-8-11-19-35/h8-34H,1-7H3. The molecule has 12 rings (SSSR count). The van der Waals surface area contributed by atoms with Crippen molar-refractivity contribution in [3.05, 3.63) is 192 Å². The third kappa shape index (κ3) is 4.71.